The van der Waals surface area contributed by atoms with E-state index in [9.17, 15) is 0 Å². The summed E-state index contributed by atoms with van der Waals surface area (Å²) in [4.78, 5) is 5.30. The summed E-state index contributed by atoms with van der Waals surface area (Å²) in [7, 11) is 2.25. The van der Waals surface area contributed by atoms with E-state index < -0.39 is 0 Å². The highest BCUT2D eigenvalue weighted by molar-refractivity contribution is 4.87. The van der Waals surface area contributed by atoms with Gasteiger partial charge >= 0.3 is 0 Å². The van der Waals surface area contributed by atoms with E-state index in [0.717, 1.165) is 12.1 Å². The summed E-state index contributed by atoms with van der Waals surface area (Å²) >= 11 is 0. The SMILES string of the molecule is CCCN(C1CCC(N)CC1)C1CCN(C)CC1. The quantitative estimate of drug-likeness (QED) is 0.832. The predicted molar refractivity (Wildman–Crippen MR) is 77.7 cm³/mol. The molecule has 0 aromatic carbocycles. The van der Waals surface area contributed by atoms with Gasteiger partial charge in [-0.25, -0.2) is 0 Å². The van der Waals surface area contributed by atoms with Crippen molar-refractivity contribution in [1.82, 2.24) is 9.80 Å². The Labute approximate surface area is 113 Å². The van der Waals surface area contributed by atoms with Gasteiger partial charge in [-0.2, -0.15) is 0 Å². The molecule has 0 aromatic heterocycles. The summed E-state index contributed by atoms with van der Waals surface area (Å²) in [5, 5.41) is 0. The zero-order valence-electron chi connectivity index (χ0n) is 12.3. The lowest BCUT2D eigenvalue weighted by molar-refractivity contribution is 0.0610. The monoisotopic (exact) mass is 253 g/mol. The standard InChI is InChI=1S/C15H31N3/c1-3-10-18(14-6-4-13(16)5-7-14)15-8-11-17(2)12-9-15/h13-15H,3-12,16H2,1-2H3. The lowest BCUT2D eigenvalue weighted by atomic mass is 9.88. The summed E-state index contributed by atoms with van der Waals surface area (Å²) in [6, 6.07) is 2.13. The third kappa shape index (κ3) is 3.69. The molecule has 106 valence electrons. The Hall–Kier alpha value is -0.120. The molecule has 3 heteroatoms. The van der Waals surface area contributed by atoms with Gasteiger partial charge in [-0.1, -0.05) is 6.92 Å². The van der Waals surface area contributed by atoms with Crippen molar-refractivity contribution in [3.8, 4) is 0 Å². The molecular formula is C15H31N3. The average Bonchev–Trinajstić information content (AvgIpc) is 2.39. The van der Waals surface area contributed by atoms with Crippen LogP contribution in [0.5, 0.6) is 0 Å². The first kappa shape index (κ1) is 14.3. The second-order valence-corrected chi connectivity index (χ2v) is 6.34. The molecule has 1 heterocycles. The van der Waals surface area contributed by atoms with Gasteiger partial charge in [-0.15, -0.1) is 0 Å². The van der Waals surface area contributed by atoms with Crippen LogP contribution in [0.1, 0.15) is 51.9 Å². The molecule has 18 heavy (non-hydrogen) atoms. The van der Waals surface area contributed by atoms with E-state index in [2.05, 4.69) is 23.8 Å². The normalized spacial score (nSPS) is 32.0. The minimum atomic E-state index is 0.474. The topological polar surface area (TPSA) is 32.5 Å². The van der Waals surface area contributed by atoms with Gasteiger partial charge in [0, 0.05) is 18.1 Å². The maximum Gasteiger partial charge on any atom is 0.0122 e. The highest BCUT2D eigenvalue weighted by atomic mass is 15.2. The van der Waals surface area contributed by atoms with Gasteiger partial charge in [0.25, 0.3) is 0 Å². The lowest BCUT2D eigenvalue weighted by Gasteiger charge is -2.43. The van der Waals surface area contributed by atoms with E-state index in [-0.39, 0.29) is 0 Å². The fourth-order valence-electron chi connectivity index (χ4n) is 3.68. The fraction of sp³-hybridized carbons (Fsp3) is 1.00. The molecule has 1 aliphatic carbocycles. The van der Waals surface area contributed by atoms with E-state index in [4.69, 9.17) is 5.73 Å². The van der Waals surface area contributed by atoms with E-state index >= 15 is 0 Å². The number of rotatable bonds is 4. The molecule has 0 aromatic rings. The second kappa shape index (κ2) is 6.88. The minimum absolute atomic E-state index is 0.474. The summed E-state index contributed by atoms with van der Waals surface area (Å²) in [6.07, 6.45) is 9.13. The Bertz CT molecular complexity index is 206. The number of piperidine rings is 1. The van der Waals surface area contributed by atoms with Crippen molar-refractivity contribution in [2.24, 2.45) is 5.73 Å². The van der Waals surface area contributed by atoms with Crippen LogP contribution >= 0.6 is 0 Å². The highest BCUT2D eigenvalue weighted by Gasteiger charge is 2.30. The first-order valence-corrected chi connectivity index (χ1v) is 7.90. The van der Waals surface area contributed by atoms with Crippen molar-refractivity contribution in [2.75, 3.05) is 26.7 Å². The number of nitrogens with zero attached hydrogens (tertiary/aromatic N) is 2. The number of nitrogens with two attached hydrogens (primary N) is 1. The van der Waals surface area contributed by atoms with Crippen LogP contribution in [0.2, 0.25) is 0 Å². The molecule has 1 saturated carbocycles. The van der Waals surface area contributed by atoms with Gasteiger partial charge in [0.15, 0.2) is 0 Å². The maximum atomic E-state index is 6.04. The summed E-state index contributed by atoms with van der Waals surface area (Å²) in [6.45, 7) is 6.15. The summed E-state index contributed by atoms with van der Waals surface area (Å²) in [5.41, 5.74) is 6.04. The molecule has 3 nitrogen and oxygen atoms in total. The van der Waals surface area contributed by atoms with Crippen LogP contribution in [0, 0.1) is 0 Å². The first-order chi connectivity index (χ1) is 8.70. The molecule has 2 N–H and O–H groups in total. The van der Waals surface area contributed by atoms with E-state index in [1.165, 1.54) is 64.6 Å². The first-order valence-electron chi connectivity index (χ1n) is 7.90. The zero-order chi connectivity index (χ0) is 13.0. The molecule has 0 atom stereocenters. The molecule has 0 radical (unpaired) electrons. The number of hydrogen-bond donors (Lipinski definition) is 1. The van der Waals surface area contributed by atoms with Crippen molar-refractivity contribution in [1.29, 1.82) is 0 Å². The number of hydrogen-bond acceptors (Lipinski definition) is 3. The van der Waals surface area contributed by atoms with Crippen molar-refractivity contribution < 1.29 is 0 Å². The predicted octanol–water partition coefficient (Wildman–Crippen LogP) is 2.06. The Kier molecular flexibility index (Phi) is 5.46. The van der Waals surface area contributed by atoms with E-state index in [1.54, 1.807) is 0 Å². The zero-order valence-corrected chi connectivity index (χ0v) is 12.3. The number of likely N-dealkylation sites (tertiary alicyclic amines) is 1. The van der Waals surface area contributed by atoms with Gasteiger partial charge in [0.05, 0.1) is 0 Å². The molecular weight excluding hydrogens is 222 g/mol. The smallest absolute Gasteiger partial charge is 0.0122 e. The Morgan fingerprint density at radius 1 is 1.00 bits per heavy atom. The third-order valence-electron chi connectivity index (χ3n) is 4.85. The van der Waals surface area contributed by atoms with Crippen LogP contribution in [0.25, 0.3) is 0 Å². The molecule has 1 aliphatic heterocycles. The van der Waals surface area contributed by atoms with Gasteiger partial charge in [-0.3, -0.25) is 4.90 Å². The maximum absolute atomic E-state index is 6.04. The highest BCUT2D eigenvalue weighted by Crippen LogP contribution is 2.27. The van der Waals surface area contributed by atoms with Gasteiger partial charge in [-0.05, 0) is 71.6 Å². The Morgan fingerprint density at radius 2 is 1.56 bits per heavy atom. The van der Waals surface area contributed by atoms with E-state index in [0.29, 0.717) is 6.04 Å². The average molecular weight is 253 g/mol. The second-order valence-electron chi connectivity index (χ2n) is 6.34. The molecule has 0 bridgehead atoms. The minimum Gasteiger partial charge on any atom is -0.328 e. The molecule has 0 unspecified atom stereocenters. The summed E-state index contributed by atoms with van der Waals surface area (Å²) in [5.74, 6) is 0. The molecule has 2 aliphatic rings. The molecule has 0 spiro atoms. The van der Waals surface area contributed by atoms with Crippen molar-refractivity contribution in [2.45, 2.75) is 70.0 Å². The Morgan fingerprint density at radius 3 is 2.11 bits per heavy atom. The van der Waals surface area contributed by atoms with Gasteiger partial charge in [0.1, 0.15) is 0 Å². The van der Waals surface area contributed by atoms with Crippen LogP contribution in [0.15, 0.2) is 0 Å². The van der Waals surface area contributed by atoms with Gasteiger partial charge in [0.2, 0.25) is 0 Å². The van der Waals surface area contributed by atoms with Crippen LogP contribution in [0.4, 0.5) is 0 Å². The molecule has 1 saturated heterocycles. The fourth-order valence-corrected chi connectivity index (χ4v) is 3.68. The molecule has 0 amide bonds. The van der Waals surface area contributed by atoms with E-state index in [1.807, 2.05) is 0 Å². The largest absolute Gasteiger partial charge is 0.328 e. The summed E-state index contributed by atoms with van der Waals surface area (Å²) < 4.78 is 0. The van der Waals surface area contributed by atoms with Crippen molar-refractivity contribution in [3.63, 3.8) is 0 Å². The third-order valence-corrected chi connectivity index (χ3v) is 4.85. The van der Waals surface area contributed by atoms with Crippen LogP contribution in [-0.2, 0) is 0 Å². The van der Waals surface area contributed by atoms with Crippen LogP contribution in [-0.4, -0.2) is 54.6 Å². The van der Waals surface area contributed by atoms with Crippen molar-refractivity contribution in [3.05, 3.63) is 0 Å². The molecule has 2 rings (SSSR count). The molecule has 2 fully saturated rings. The van der Waals surface area contributed by atoms with Gasteiger partial charge < -0.3 is 10.6 Å². The van der Waals surface area contributed by atoms with Crippen molar-refractivity contribution >= 4 is 0 Å². The Balaban J connectivity index is 1.90. The van der Waals surface area contributed by atoms with Crippen LogP contribution < -0.4 is 5.73 Å². The lowest BCUT2D eigenvalue weighted by Crippen LogP contribution is -2.50. The van der Waals surface area contributed by atoms with Crippen LogP contribution in [0.3, 0.4) is 0 Å².